The lowest BCUT2D eigenvalue weighted by Crippen LogP contribution is -2.08. The summed E-state index contributed by atoms with van der Waals surface area (Å²) in [6.45, 7) is 8.81. The number of hydrogen-bond donors (Lipinski definition) is 0. The summed E-state index contributed by atoms with van der Waals surface area (Å²) in [6, 6.07) is 8.85. The average Bonchev–Trinajstić information content (AvgIpc) is 2.84. The zero-order valence-electron chi connectivity index (χ0n) is 20.2. The van der Waals surface area contributed by atoms with Gasteiger partial charge in [0.1, 0.15) is 0 Å². The highest BCUT2D eigenvalue weighted by Gasteiger charge is 2.15. The third kappa shape index (κ3) is 7.04. The quantitative estimate of drug-likeness (QED) is 0.189. The van der Waals surface area contributed by atoms with E-state index in [1.807, 2.05) is 30.4 Å². The van der Waals surface area contributed by atoms with Crippen LogP contribution >= 0.6 is 0 Å². The third-order valence-electron chi connectivity index (χ3n) is 5.80. The minimum Gasteiger partial charge on any atom is -0.379 e. The molecule has 1 heterocycles. The number of aromatic nitrogens is 2. The maximum absolute atomic E-state index is 14.9. The number of fused-ring (bicyclic) bond motifs is 1. The van der Waals surface area contributed by atoms with Gasteiger partial charge in [-0.3, -0.25) is 4.98 Å². The SMILES string of the molecule is C=CCc1ccc2nc(-c3ccc(/C=C/CCCC(C)OCCCCC)c(F)c3F)cnc2c1. The molecule has 2 aromatic carbocycles. The highest BCUT2D eigenvalue weighted by atomic mass is 19.2. The Morgan fingerprint density at radius 2 is 1.91 bits per heavy atom. The van der Waals surface area contributed by atoms with E-state index >= 15 is 0 Å². The Balaban J connectivity index is 1.61. The molecular formula is C29H34F2N2O. The summed E-state index contributed by atoms with van der Waals surface area (Å²) in [6.07, 6.45) is 13.9. The number of hydrogen-bond acceptors (Lipinski definition) is 3. The number of unbranched alkanes of at least 4 members (excludes halogenated alkanes) is 3. The lowest BCUT2D eigenvalue weighted by molar-refractivity contribution is 0.0566. The van der Waals surface area contributed by atoms with Crippen molar-refractivity contribution in [1.82, 2.24) is 9.97 Å². The first-order chi connectivity index (χ1) is 16.5. The molecule has 0 bridgehead atoms. The van der Waals surface area contributed by atoms with Gasteiger partial charge in [-0.05, 0) is 62.8 Å². The molecule has 0 spiro atoms. The number of nitrogens with zero attached hydrogens (tertiary/aromatic N) is 2. The fourth-order valence-corrected chi connectivity index (χ4v) is 3.82. The second-order valence-electron chi connectivity index (χ2n) is 8.62. The van der Waals surface area contributed by atoms with Gasteiger partial charge in [0.2, 0.25) is 0 Å². The number of halogens is 2. The third-order valence-corrected chi connectivity index (χ3v) is 5.80. The first-order valence-electron chi connectivity index (χ1n) is 12.2. The molecule has 0 fully saturated rings. The summed E-state index contributed by atoms with van der Waals surface area (Å²) in [5.74, 6) is -1.78. The van der Waals surface area contributed by atoms with Gasteiger partial charge < -0.3 is 4.74 Å². The maximum Gasteiger partial charge on any atom is 0.168 e. The zero-order chi connectivity index (χ0) is 24.3. The second kappa shape index (κ2) is 13.1. The number of allylic oxidation sites excluding steroid dienone is 2. The van der Waals surface area contributed by atoms with Crippen LogP contribution in [0, 0.1) is 11.6 Å². The van der Waals surface area contributed by atoms with Crippen LogP contribution in [0.5, 0.6) is 0 Å². The van der Waals surface area contributed by atoms with Gasteiger partial charge in [0.25, 0.3) is 0 Å². The molecule has 0 aliphatic heterocycles. The molecule has 34 heavy (non-hydrogen) atoms. The van der Waals surface area contributed by atoms with Crippen molar-refractivity contribution in [2.75, 3.05) is 6.61 Å². The second-order valence-corrected chi connectivity index (χ2v) is 8.62. The van der Waals surface area contributed by atoms with Crippen molar-refractivity contribution in [3.63, 3.8) is 0 Å². The van der Waals surface area contributed by atoms with Gasteiger partial charge >= 0.3 is 0 Å². The smallest absolute Gasteiger partial charge is 0.168 e. The Hall–Kier alpha value is -2.92. The van der Waals surface area contributed by atoms with Crippen LogP contribution in [0.15, 0.2) is 55.3 Å². The molecule has 0 amide bonds. The normalized spacial score (nSPS) is 12.5. The molecule has 180 valence electrons. The first-order valence-corrected chi connectivity index (χ1v) is 12.2. The van der Waals surface area contributed by atoms with Crippen LogP contribution in [0.25, 0.3) is 28.4 Å². The number of rotatable bonds is 13. The van der Waals surface area contributed by atoms with Crippen molar-refractivity contribution in [1.29, 1.82) is 0 Å². The lowest BCUT2D eigenvalue weighted by atomic mass is 10.1. The Kier molecular flexibility index (Phi) is 9.89. The Morgan fingerprint density at radius 3 is 2.71 bits per heavy atom. The topological polar surface area (TPSA) is 35.0 Å². The van der Waals surface area contributed by atoms with Crippen molar-refractivity contribution < 1.29 is 13.5 Å². The summed E-state index contributed by atoms with van der Waals surface area (Å²) in [5.41, 5.74) is 3.07. The van der Waals surface area contributed by atoms with Crippen molar-refractivity contribution in [2.45, 2.75) is 64.9 Å². The fraction of sp³-hybridized carbons (Fsp3) is 0.379. The van der Waals surface area contributed by atoms with Crippen LogP contribution in [0.4, 0.5) is 8.78 Å². The monoisotopic (exact) mass is 464 g/mol. The Labute approximate surface area is 201 Å². The van der Waals surface area contributed by atoms with Crippen molar-refractivity contribution >= 4 is 17.1 Å². The van der Waals surface area contributed by atoms with Crippen LogP contribution in [-0.4, -0.2) is 22.7 Å². The standard InChI is InChI=1S/C29H34F2N2O/c1-4-6-10-18-34-21(3)12-8-7-9-13-23-15-16-24(29(31)28(23)30)27-20-32-26-19-22(11-5-2)14-17-25(26)33-27/h5,9,13-17,19-21H,2,4,6-8,10-12,18H2,1,3H3/b13-9+. The molecule has 0 radical (unpaired) electrons. The fourth-order valence-electron chi connectivity index (χ4n) is 3.82. The van der Waals surface area contributed by atoms with Crippen molar-refractivity contribution in [3.8, 4) is 11.3 Å². The highest BCUT2D eigenvalue weighted by Crippen LogP contribution is 2.27. The average molecular weight is 465 g/mol. The van der Waals surface area contributed by atoms with E-state index < -0.39 is 11.6 Å². The number of benzene rings is 2. The van der Waals surface area contributed by atoms with Crippen molar-refractivity contribution in [3.05, 3.63) is 78.0 Å². The van der Waals surface area contributed by atoms with Crippen LogP contribution in [0.3, 0.4) is 0 Å². The van der Waals surface area contributed by atoms with Gasteiger partial charge in [-0.1, -0.05) is 50.1 Å². The van der Waals surface area contributed by atoms with E-state index in [0.29, 0.717) is 16.7 Å². The van der Waals surface area contributed by atoms with E-state index in [1.165, 1.54) is 19.0 Å². The van der Waals surface area contributed by atoms with Gasteiger partial charge in [0.15, 0.2) is 11.6 Å². The summed E-state index contributed by atoms with van der Waals surface area (Å²) < 4.78 is 35.4. The number of ether oxygens (including phenoxy) is 1. The maximum atomic E-state index is 14.9. The van der Waals surface area contributed by atoms with Gasteiger partial charge in [-0.2, -0.15) is 0 Å². The van der Waals surface area contributed by atoms with E-state index in [9.17, 15) is 8.78 Å². The van der Waals surface area contributed by atoms with Crippen LogP contribution in [0.2, 0.25) is 0 Å². The van der Waals surface area contributed by atoms with Gasteiger partial charge in [-0.15, -0.1) is 6.58 Å². The largest absolute Gasteiger partial charge is 0.379 e. The van der Waals surface area contributed by atoms with Crippen LogP contribution in [0.1, 0.15) is 63.5 Å². The molecule has 1 aromatic heterocycles. The lowest BCUT2D eigenvalue weighted by Gasteiger charge is -2.12. The molecule has 3 nitrogen and oxygen atoms in total. The predicted octanol–water partition coefficient (Wildman–Crippen LogP) is 8.08. The molecule has 1 atom stereocenters. The van der Waals surface area contributed by atoms with Crippen LogP contribution in [-0.2, 0) is 11.2 Å². The van der Waals surface area contributed by atoms with E-state index in [4.69, 9.17) is 4.74 Å². The molecule has 3 aromatic rings. The van der Waals surface area contributed by atoms with Gasteiger partial charge in [-0.25, -0.2) is 13.8 Å². The highest BCUT2D eigenvalue weighted by molar-refractivity contribution is 5.78. The molecule has 0 saturated carbocycles. The van der Waals surface area contributed by atoms with Gasteiger partial charge in [0.05, 0.1) is 29.0 Å². The molecule has 0 aliphatic carbocycles. The van der Waals surface area contributed by atoms with Crippen molar-refractivity contribution in [2.24, 2.45) is 0 Å². The first kappa shape index (κ1) is 25.7. The molecule has 0 aliphatic rings. The summed E-state index contributed by atoms with van der Waals surface area (Å²) in [7, 11) is 0. The summed E-state index contributed by atoms with van der Waals surface area (Å²) >= 11 is 0. The molecular weight excluding hydrogens is 430 g/mol. The summed E-state index contributed by atoms with van der Waals surface area (Å²) in [5, 5.41) is 0. The van der Waals surface area contributed by atoms with E-state index in [2.05, 4.69) is 30.4 Å². The Bertz CT molecular complexity index is 1130. The molecule has 0 N–H and O–H groups in total. The van der Waals surface area contributed by atoms with E-state index in [-0.39, 0.29) is 17.2 Å². The minimum absolute atomic E-state index is 0.105. The molecule has 5 heteroatoms. The summed E-state index contributed by atoms with van der Waals surface area (Å²) in [4.78, 5) is 8.88. The van der Waals surface area contributed by atoms with Gasteiger partial charge in [0, 0.05) is 17.7 Å². The predicted molar refractivity (Wildman–Crippen MR) is 137 cm³/mol. The van der Waals surface area contributed by atoms with E-state index in [0.717, 1.165) is 44.3 Å². The molecule has 1 unspecified atom stereocenters. The Morgan fingerprint density at radius 1 is 1.06 bits per heavy atom. The minimum atomic E-state index is -0.909. The van der Waals surface area contributed by atoms with Crippen LogP contribution < -0.4 is 0 Å². The molecule has 3 rings (SSSR count). The zero-order valence-corrected chi connectivity index (χ0v) is 20.2. The molecule has 0 saturated heterocycles. The van der Waals surface area contributed by atoms with E-state index in [1.54, 1.807) is 18.2 Å².